The molecule has 0 aliphatic heterocycles. The third-order valence-corrected chi connectivity index (χ3v) is 4.10. The molecule has 0 aromatic carbocycles. The fraction of sp³-hybridized carbons (Fsp3) is 1.00. The largest absolute Gasteiger partial charge is 0.393 e. The maximum Gasteiger partial charge on any atom is 0.0524 e. The summed E-state index contributed by atoms with van der Waals surface area (Å²) in [6, 6.07) is 0.700. The number of aliphatic hydroxyl groups is 1. The molecular weight excluding hydrogens is 224 g/mol. The molecule has 0 radical (unpaired) electrons. The van der Waals surface area contributed by atoms with Crippen LogP contribution in [0.25, 0.3) is 0 Å². The van der Waals surface area contributed by atoms with Gasteiger partial charge in [-0.15, -0.1) is 0 Å². The normalized spacial score (nSPS) is 27.2. The van der Waals surface area contributed by atoms with E-state index >= 15 is 0 Å². The lowest BCUT2D eigenvalue weighted by Crippen LogP contribution is -2.41. The van der Waals surface area contributed by atoms with E-state index in [1.807, 2.05) is 6.92 Å². The Bertz CT molecular complexity index is 209. The molecule has 3 heteroatoms. The van der Waals surface area contributed by atoms with Crippen molar-refractivity contribution in [2.75, 3.05) is 26.7 Å². The molecule has 0 aromatic heterocycles. The van der Waals surface area contributed by atoms with Gasteiger partial charge in [0.2, 0.25) is 0 Å². The summed E-state index contributed by atoms with van der Waals surface area (Å²) in [4.78, 5) is 2.40. The number of aliphatic hydroxyl groups excluding tert-OH is 1. The number of nitrogens with zero attached hydrogens (tertiary/aromatic N) is 1. The minimum atomic E-state index is -0.175. The molecule has 18 heavy (non-hydrogen) atoms. The second-order valence-electron chi connectivity index (χ2n) is 5.96. The van der Waals surface area contributed by atoms with Crippen LogP contribution >= 0.6 is 0 Å². The minimum absolute atomic E-state index is 0.175. The highest BCUT2D eigenvalue weighted by Crippen LogP contribution is 2.24. The van der Waals surface area contributed by atoms with Crippen molar-refractivity contribution in [2.45, 2.75) is 64.5 Å². The van der Waals surface area contributed by atoms with Crippen LogP contribution in [0, 0.1) is 5.92 Å². The van der Waals surface area contributed by atoms with E-state index < -0.39 is 0 Å². The molecule has 0 amide bonds. The van der Waals surface area contributed by atoms with Crippen LogP contribution in [-0.2, 0) is 0 Å². The first-order valence-corrected chi connectivity index (χ1v) is 7.73. The molecule has 0 aromatic rings. The molecule has 0 bridgehead atoms. The molecule has 3 nitrogen and oxygen atoms in total. The zero-order valence-electron chi connectivity index (χ0n) is 12.5. The number of nitrogens with one attached hydrogen (secondary N) is 1. The van der Waals surface area contributed by atoms with Crippen LogP contribution in [0.15, 0.2) is 0 Å². The van der Waals surface area contributed by atoms with Crippen LogP contribution in [0.4, 0.5) is 0 Å². The molecule has 3 unspecified atom stereocenters. The second-order valence-corrected chi connectivity index (χ2v) is 5.96. The molecular formula is C15H32N2O. The predicted octanol–water partition coefficient (Wildman–Crippen LogP) is 2.25. The highest BCUT2D eigenvalue weighted by molar-refractivity contribution is 4.81. The summed E-state index contributed by atoms with van der Waals surface area (Å²) in [6.07, 6.45) is 7.57. The molecule has 0 heterocycles. The van der Waals surface area contributed by atoms with Crippen molar-refractivity contribution < 1.29 is 5.11 Å². The second kappa shape index (κ2) is 8.89. The third-order valence-electron chi connectivity index (χ3n) is 4.10. The first kappa shape index (κ1) is 15.9. The first-order valence-electron chi connectivity index (χ1n) is 7.73. The topological polar surface area (TPSA) is 35.5 Å². The van der Waals surface area contributed by atoms with Crippen LogP contribution in [0.3, 0.4) is 0 Å². The summed E-state index contributed by atoms with van der Waals surface area (Å²) in [5.41, 5.74) is 0. The van der Waals surface area contributed by atoms with Crippen molar-refractivity contribution in [1.82, 2.24) is 10.2 Å². The lowest BCUT2D eigenvalue weighted by atomic mass is 9.94. The Kier molecular flexibility index (Phi) is 7.87. The van der Waals surface area contributed by atoms with Crippen LogP contribution in [-0.4, -0.2) is 48.8 Å². The van der Waals surface area contributed by atoms with Crippen LogP contribution in [0.2, 0.25) is 0 Å². The van der Waals surface area contributed by atoms with Crippen molar-refractivity contribution in [1.29, 1.82) is 0 Å². The van der Waals surface area contributed by atoms with E-state index in [1.165, 1.54) is 38.6 Å². The Balaban J connectivity index is 2.39. The minimum Gasteiger partial charge on any atom is -0.393 e. The smallest absolute Gasteiger partial charge is 0.0524 e. The molecule has 1 rings (SSSR count). The van der Waals surface area contributed by atoms with Gasteiger partial charge in [-0.3, -0.25) is 0 Å². The number of hydrogen-bond acceptors (Lipinski definition) is 3. The zero-order valence-corrected chi connectivity index (χ0v) is 12.5. The van der Waals surface area contributed by atoms with Gasteiger partial charge in [-0.1, -0.05) is 26.2 Å². The summed E-state index contributed by atoms with van der Waals surface area (Å²) in [6.45, 7) is 7.34. The molecule has 0 spiro atoms. The van der Waals surface area contributed by atoms with Gasteiger partial charge in [0.15, 0.2) is 0 Å². The third kappa shape index (κ3) is 6.17. The fourth-order valence-electron chi connectivity index (χ4n) is 3.03. The van der Waals surface area contributed by atoms with Gasteiger partial charge in [-0.2, -0.15) is 0 Å². The fourth-order valence-corrected chi connectivity index (χ4v) is 3.03. The summed E-state index contributed by atoms with van der Waals surface area (Å²) >= 11 is 0. The maximum absolute atomic E-state index is 9.35. The van der Waals surface area contributed by atoms with Gasteiger partial charge in [-0.05, 0) is 45.7 Å². The van der Waals surface area contributed by atoms with E-state index in [1.54, 1.807) is 0 Å². The van der Waals surface area contributed by atoms with Crippen molar-refractivity contribution in [2.24, 2.45) is 5.92 Å². The lowest BCUT2D eigenvalue weighted by Gasteiger charge is -2.30. The average Bonchev–Trinajstić information content (AvgIpc) is 2.53. The van der Waals surface area contributed by atoms with Gasteiger partial charge in [0.05, 0.1) is 6.10 Å². The van der Waals surface area contributed by atoms with Crippen LogP contribution < -0.4 is 5.32 Å². The Morgan fingerprint density at radius 2 is 2.00 bits per heavy atom. The van der Waals surface area contributed by atoms with Crippen LogP contribution in [0.5, 0.6) is 0 Å². The van der Waals surface area contributed by atoms with Crippen molar-refractivity contribution in [3.63, 3.8) is 0 Å². The van der Waals surface area contributed by atoms with E-state index in [-0.39, 0.29) is 6.10 Å². The lowest BCUT2D eigenvalue weighted by molar-refractivity contribution is 0.152. The van der Waals surface area contributed by atoms with Crippen molar-refractivity contribution in [3.8, 4) is 0 Å². The molecule has 2 N–H and O–H groups in total. The summed E-state index contributed by atoms with van der Waals surface area (Å²) in [7, 11) is 2.19. The van der Waals surface area contributed by atoms with Gasteiger partial charge in [0.1, 0.15) is 0 Å². The Morgan fingerprint density at radius 1 is 1.28 bits per heavy atom. The molecule has 1 aliphatic carbocycles. The molecule has 108 valence electrons. The zero-order chi connectivity index (χ0) is 13.4. The van der Waals surface area contributed by atoms with Gasteiger partial charge in [0, 0.05) is 19.1 Å². The maximum atomic E-state index is 9.35. The van der Waals surface area contributed by atoms with E-state index in [4.69, 9.17) is 0 Å². The SMILES string of the molecule is CCNC1CCCCCC1CN(C)CCC(C)O. The summed E-state index contributed by atoms with van der Waals surface area (Å²) in [5, 5.41) is 13.0. The molecule has 3 atom stereocenters. The predicted molar refractivity (Wildman–Crippen MR) is 77.8 cm³/mol. The van der Waals surface area contributed by atoms with E-state index in [0.717, 1.165) is 25.4 Å². The van der Waals surface area contributed by atoms with Gasteiger partial charge in [0.25, 0.3) is 0 Å². The molecule has 1 fully saturated rings. The van der Waals surface area contributed by atoms with E-state index in [2.05, 4.69) is 24.2 Å². The first-order chi connectivity index (χ1) is 8.63. The van der Waals surface area contributed by atoms with E-state index in [0.29, 0.717) is 6.04 Å². The number of rotatable bonds is 7. The van der Waals surface area contributed by atoms with Crippen molar-refractivity contribution in [3.05, 3.63) is 0 Å². The van der Waals surface area contributed by atoms with Gasteiger partial charge in [-0.25, -0.2) is 0 Å². The Morgan fingerprint density at radius 3 is 2.67 bits per heavy atom. The highest BCUT2D eigenvalue weighted by atomic mass is 16.3. The molecule has 1 saturated carbocycles. The van der Waals surface area contributed by atoms with Gasteiger partial charge >= 0.3 is 0 Å². The van der Waals surface area contributed by atoms with Crippen molar-refractivity contribution >= 4 is 0 Å². The molecule has 1 aliphatic rings. The quantitative estimate of drug-likeness (QED) is 0.686. The number of hydrogen-bond donors (Lipinski definition) is 2. The Hall–Kier alpha value is -0.120. The highest BCUT2D eigenvalue weighted by Gasteiger charge is 2.23. The Labute approximate surface area is 113 Å². The molecule has 0 saturated heterocycles. The average molecular weight is 256 g/mol. The van der Waals surface area contributed by atoms with Crippen LogP contribution in [0.1, 0.15) is 52.4 Å². The van der Waals surface area contributed by atoms with E-state index in [9.17, 15) is 5.11 Å². The standard InChI is InChI=1S/C15H32N2O/c1-4-16-15-9-7-5-6-8-14(15)12-17(3)11-10-13(2)18/h13-16,18H,4-12H2,1-3H3. The van der Waals surface area contributed by atoms with Gasteiger partial charge < -0.3 is 15.3 Å². The monoisotopic (exact) mass is 256 g/mol. The summed E-state index contributed by atoms with van der Waals surface area (Å²) in [5.74, 6) is 0.784. The summed E-state index contributed by atoms with van der Waals surface area (Å²) < 4.78 is 0.